The van der Waals surface area contributed by atoms with Gasteiger partial charge in [0.1, 0.15) is 18.0 Å². The molecule has 152 valence electrons. The van der Waals surface area contributed by atoms with E-state index in [-0.39, 0.29) is 41.3 Å². The van der Waals surface area contributed by atoms with Crippen LogP contribution in [0.25, 0.3) is 0 Å². The molecule has 5 heteroatoms. The van der Waals surface area contributed by atoms with Crippen molar-refractivity contribution in [2.45, 2.75) is 77.9 Å². The Kier molecular flexibility index (Phi) is 3.74. The zero-order chi connectivity index (χ0) is 19.9. The number of rotatable bonds is 1. The van der Waals surface area contributed by atoms with Gasteiger partial charge in [-0.05, 0) is 56.8 Å². The Hall–Kier alpha value is -1.65. The normalized spacial score (nSPS) is 51.6. The van der Waals surface area contributed by atoms with Gasteiger partial charge in [0, 0.05) is 30.6 Å². The van der Waals surface area contributed by atoms with Crippen LogP contribution < -0.4 is 0 Å². The molecular weight excluding hydrogens is 356 g/mol. The van der Waals surface area contributed by atoms with Crippen LogP contribution in [-0.2, 0) is 23.9 Å². The first-order chi connectivity index (χ1) is 13.2. The third kappa shape index (κ3) is 2.01. The van der Waals surface area contributed by atoms with Gasteiger partial charge in [-0.1, -0.05) is 19.1 Å². The van der Waals surface area contributed by atoms with Crippen LogP contribution >= 0.6 is 0 Å². The van der Waals surface area contributed by atoms with E-state index in [9.17, 15) is 14.4 Å². The van der Waals surface area contributed by atoms with Gasteiger partial charge >= 0.3 is 11.9 Å². The monoisotopic (exact) mass is 386 g/mol. The maximum absolute atomic E-state index is 13.3. The molecule has 0 N–H and O–H groups in total. The molecule has 5 rings (SSSR count). The van der Waals surface area contributed by atoms with Crippen molar-refractivity contribution in [2.24, 2.45) is 34.0 Å². The summed E-state index contributed by atoms with van der Waals surface area (Å²) in [4.78, 5) is 37.3. The van der Waals surface area contributed by atoms with Crippen molar-refractivity contribution in [3.63, 3.8) is 0 Å². The highest BCUT2D eigenvalue weighted by Gasteiger charge is 2.73. The van der Waals surface area contributed by atoms with Gasteiger partial charge in [0.25, 0.3) is 0 Å². The maximum atomic E-state index is 13.3. The van der Waals surface area contributed by atoms with Gasteiger partial charge in [-0.3, -0.25) is 14.4 Å². The van der Waals surface area contributed by atoms with Gasteiger partial charge < -0.3 is 9.47 Å². The summed E-state index contributed by atoms with van der Waals surface area (Å²) in [6.07, 6.45) is 9.55. The van der Waals surface area contributed by atoms with Crippen LogP contribution in [-0.4, -0.2) is 29.9 Å². The van der Waals surface area contributed by atoms with Crippen LogP contribution in [0.1, 0.15) is 65.7 Å². The van der Waals surface area contributed by atoms with Crippen LogP contribution in [0, 0.1) is 34.0 Å². The zero-order valence-corrected chi connectivity index (χ0v) is 17.0. The minimum Gasteiger partial charge on any atom is -0.462 e. The van der Waals surface area contributed by atoms with E-state index in [1.165, 1.54) is 6.92 Å². The summed E-state index contributed by atoms with van der Waals surface area (Å²) in [7, 11) is 0. The molecule has 0 aromatic carbocycles. The average Bonchev–Trinajstić information content (AvgIpc) is 3.07. The second-order valence-electron chi connectivity index (χ2n) is 10.1. The molecule has 1 saturated heterocycles. The molecular formula is C23H30O5. The number of hydrogen-bond donors (Lipinski definition) is 0. The second-order valence-corrected chi connectivity index (χ2v) is 10.1. The summed E-state index contributed by atoms with van der Waals surface area (Å²) < 4.78 is 11.5. The molecule has 1 aliphatic heterocycles. The molecule has 3 saturated carbocycles. The Morgan fingerprint density at radius 2 is 1.96 bits per heavy atom. The molecule has 8 unspecified atom stereocenters. The van der Waals surface area contributed by atoms with E-state index in [4.69, 9.17) is 9.47 Å². The van der Waals surface area contributed by atoms with Crippen molar-refractivity contribution in [3.8, 4) is 0 Å². The van der Waals surface area contributed by atoms with Gasteiger partial charge in [0.2, 0.25) is 0 Å². The number of allylic oxidation sites excluding steroid dienone is 1. The third-order valence-corrected chi connectivity index (χ3v) is 9.29. The number of carbonyl (C=O) groups is 3. The number of esters is 2. The van der Waals surface area contributed by atoms with Crippen molar-refractivity contribution in [1.29, 1.82) is 0 Å². The molecule has 4 aliphatic carbocycles. The number of ketones is 1. The Labute approximate surface area is 166 Å². The summed E-state index contributed by atoms with van der Waals surface area (Å²) in [6, 6.07) is 0. The Balaban J connectivity index is 1.57. The Morgan fingerprint density at radius 1 is 1.18 bits per heavy atom. The molecule has 0 amide bonds. The molecule has 0 radical (unpaired) electrons. The highest BCUT2D eigenvalue weighted by molar-refractivity contribution is 5.90. The smallest absolute Gasteiger partial charge is 0.313 e. The predicted octanol–water partition coefficient (Wildman–Crippen LogP) is 3.60. The largest absolute Gasteiger partial charge is 0.462 e. The molecule has 1 heterocycles. The molecule has 4 fully saturated rings. The molecule has 5 nitrogen and oxygen atoms in total. The maximum Gasteiger partial charge on any atom is 0.313 e. The lowest BCUT2D eigenvalue weighted by Crippen LogP contribution is -2.60. The number of carbonyl (C=O) groups excluding carboxylic acids is 3. The summed E-state index contributed by atoms with van der Waals surface area (Å²) in [5.41, 5.74) is -1.06. The summed E-state index contributed by atoms with van der Waals surface area (Å²) in [5, 5.41) is 0. The van der Waals surface area contributed by atoms with Crippen LogP contribution in [0.15, 0.2) is 12.2 Å². The number of ether oxygens (including phenoxy) is 2. The van der Waals surface area contributed by atoms with Crippen molar-refractivity contribution in [3.05, 3.63) is 12.2 Å². The van der Waals surface area contributed by atoms with E-state index >= 15 is 0 Å². The second kappa shape index (κ2) is 5.70. The standard InChI is InChI=1S/C23H30O5/c1-13-22-10-7-16-17-4-5-19(28-14(2)24)21(17,3)9-8-18(16)23(22,20(26)27-13)11-6-15(25)12-22/h7,10,13,16-19H,4-6,8-9,11-12H2,1-3H3. The topological polar surface area (TPSA) is 69.7 Å². The average molecular weight is 386 g/mol. The lowest BCUT2D eigenvalue weighted by molar-refractivity contribution is -0.165. The van der Waals surface area contributed by atoms with E-state index < -0.39 is 10.8 Å². The third-order valence-electron chi connectivity index (χ3n) is 9.29. The fourth-order valence-electron chi connectivity index (χ4n) is 8.00. The molecule has 28 heavy (non-hydrogen) atoms. The molecule has 0 bridgehead atoms. The van der Waals surface area contributed by atoms with Crippen LogP contribution in [0.5, 0.6) is 0 Å². The van der Waals surface area contributed by atoms with Gasteiger partial charge in [0.15, 0.2) is 0 Å². The van der Waals surface area contributed by atoms with Crippen LogP contribution in [0.4, 0.5) is 0 Å². The number of cyclic esters (lactones) is 1. The number of fused-ring (bicyclic) bond motifs is 3. The summed E-state index contributed by atoms with van der Waals surface area (Å²) in [5.74, 6) is 0.881. The first-order valence-electron chi connectivity index (χ1n) is 10.8. The fourth-order valence-corrected chi connectivity index (χ4v) is 8.00. The first-order valence-corrected chi connectivity index (χ1v) is 10.8. The highest BCUT2D eigenvalue weighted by Crippen LogP contribution is 2.71. The lowest BCUT2D eigenvalue weighted by Gasteiger charge is -2.59. The van der Waals surface area contributed by atoms with E-state index in [1.54, 1.807) is 0 Å². The van der Waals surface area contributed by atoms with Crippen molar-refractivity contribution >= 4 is 17.7 Å². The van der Waals surface area contributed by atoms with Crippen molar-refractivity contribution in [2.75, 3.05) is 0 Å². The van der Waals surface area contributed by atoms with Gasteiger partial charge in [-0.15, -0.1) is 0 Å². The van der Waals surface area contributed by atoms with Gasteiger partial charge in [0.05, 0.1) is 5.41 Å². The van der Waals surface area contributed by atoms with E-state index in [0.29, 0.717) is 31.1 Å². The van der Waals surface area contributed by atoms with E-state index in [2.05, 4.69) is 19.1 Å². The summed E-state index contributed by atoms with van der Waals surface area (Å²) in [6.45, 7) is 5.72. The molecule has 0 aromatic heterocycles. The van der Waals surface area contributed by atoms with Gasteiger partial charge in [-0.2, -0.15) is 0 Å². The fraction of sp³-hybridized carbons (Fsp3) is 0.783. The lowest BCUT2D eigenvalue weighted by atomic mass is 9.42. The van der Waals surface area contributed by atoms with Gasteiger partial charge in [-0.25, -0.2) is 0 Å². The van der Waals surface area contributed by atoms with Crippen molar-refractivity contribution in [1.82, 2.24) is 0 Å². The number of hydrogen-bond acceptors (Lipinski definition) is 5. The predicted molar refractivity (Wildman–Crippen MR) is 101 cm³/mol. The molecule has 0 spiro atoms. The van der Waals surface area contributed by atoms with E-state index in [1.807, 2.05) is 6.92 Å². The highest BCUT2D eigenvalue weighted by atomic mass is 16.6. The number of Topliss-reactive ketones (excluding diaryl/α,β-unsaturated/α-hetero) is 1. The van der Waals surface area contributed by atoms with E-state index in [0.717, 1.165) is 25.7 Å². The minimum absolute atomic E-state index is 0.0316. The Bertz CT molecular complexity index is 786. The minimum atomic E-state index is -0.555. The van der Waals surface area contributed by atoms with Crippen LogP contribution in [0.2, 0.25) is 0 Å². The quantitative estimate of drug-likeness (QED) is 0.509. The molecule has 8 atom stereocenters. The van der Waals surface area contributed by atoms with Crippen LogP contribution in [0.3, 0.4) is 0 Å². The molecule has 5 aliphatic rings. The molecule has 0 aromatic rings. The zero-order valence-electron chi connectivity index (χ0n) is 17.0. The van der Waals surface area contributed by atoms with Crippen molar-refractivity contribution < 1.29 is 23.9 Å². The SMILES string of the molecule is CC(=O)OC1CCC2C3C=CC45CC(=O)CCC4(C(=O)OC5C)C3CCC12C. The summed E-state index contributed by atoms with van der Waals surface area (Å²) >= 11 is 0. The first kappa shape index (κ1) is 18.4. The Morgan fingerprint density at radius 3 is 2.71 bits per heavy atom.